The minimum atomic E-state index is -0.643. The first kappa shape index (κ1) is 19.2. The Hall–Kier alpha value is -1.75. The molecule has 5 rings (SSSR count). The van der Waals surface area contributed by atoms with Crippen molar-refractivity contribution in [3.8, 4) is 5.75 Å². The smallest absolute Gasteiger partial charge is 0.306 e. The molecule has 0 radical (unpaired) electrons. The minimum absolute atomic E-state index is 0.136. The van der Waals surface area contributed by atoms with E-state index in [2.05, 4.69) is 17.0 Å². The van der Waals surface area contributed by atoms with Gasteiger partial charge < -0.3 is 9.84 Å². The van der Waals surface area contributed by atoms with E-state index in [1.165, 1.54) is 11.1 Å². The maximum Gasteiger partial charge on any atom is 0.306 e. The molecule has 2 aromatic rings. The van der Waals surface area contributed by atoms with Crippen LogP contribution < -0.4 is 4.74 Å². The molecule has 3 aliphatic rings. The van der Waals surface area contributed by atoms with Gasteiger partial charge in [-0.3, -0.25) is 9.69 Å². The van der Waals surface area contributed by atoms with E-state index in [1.54, 1.807) is 0 Å². The number of benzene rings is 2. The van der Waals surface area contributed by atoms with Gasteiger partial charge in [0.2, 0.25) is 0 Å². The number of likely N-dealkylation sites (tertiary alicyclic amines) is 1. The monoisotopic (exact) mass is 431 g/mol. The summed E-state index contributed by atoms with van der Waals surface area (Å²) in [7, 11) is 0. The molecule has 1 heterocycles. The first-order valence-corrected chi connectivity index (χ1v) is 10.8. The van der Waals surface area contributed by atoms with Crippen molar-refractivity contribution in [2.75, 3.05) is 13.1 Å². The van der Waals surface area contributed by atoms with E-state index in [0.29, 0.717) is 28.1 Å². The zero-order chi connectivity index (χ0) is 20.2. The molecule has 1 N–H and O–H groups in total. The van der Waals surface area contributed by atoms with Gasteiger partial charge in [0, 0.05) is 40.2 Å². The summed E-state index contributed by atoms with van der Waals surface area (Å²) in [4.78, 5) is 13.5. The highest BCUT2D eigenvalue weighted by Gasteiger charge is 2.51. The molecular formula is C23H23Cl2NO3. The van der Waals surface area contributed by atoms with E-state index in [9.17, 15) is 4.79 Å². The molecule has 1 spiro atoms. The summed E-state index contributed by atoms with van der Waals surface area (Å²) in [6.07, 6.45) is 3.78. The Morgan fingerprint density at radius 3 is 2.48 bits per heavy atom. The van der Waals surface area contributed by atoms with Crippen LogP contribution in [0.3, 0.4) is 0 Å². The highest BCUT2D eigenvalue weighted by molar-refractivity contribution is 6.35. The Labute approximate surface area is 180 Å². The van der Waals surface area contributed by atoms with E-state index in [-0.39, 0.29) is 5.92 Å². The van der Waals surface area contributed by atoms with Crippen molar-refractivity contribution in [1.29, 1.82) is 0 Å². The normalized spacial score (nSPS) is 24.6. The molecule has 6 heteroatoms. The lowest BCUT2D eigenvalue weighted by Gasteiger charge is -2.55. The van der Waals surface area contributed by atoms with Gasteiger partial charge in [-0.1, -0.05) is 35.3 Å². The van der Waals surface area contributed by atoms with E-state index in [4.69, 9.17) is 33.0 Å². The van der Waals surface area contributed by atoms with Crippen LogP contribution in [-0.2, 0) is 24.2 Å². The van der Waals surface area contributed by atoms with Crippen molar-refractivity contribution >= 4 is 29.2 Å². The number of carboxylic acids is 1. The molecule has 152 valence electrons. The Morgan fingerprint density at radius 2 is 1.79 bits per heavy atom. The molecule has 29 heavy (non-hydrogen) atoms. The minimum Gasteiger partial charge on any atom is -0.489 e. The van der Waals surface area contributed by atoms with Crippen LogP contribution in [-0.4, -0.2) is 35.1 Å². The van der Waals surface area contributed by atoms with Gasteiger partial charge in [-0.15, -0.1) is 0 Å². The number of aliphatic carboxylic acids is 1. The Kier molecular flexibility index (Phi) is 4.77. The number of halogens is 2. The summed E-state index contributed by atoms with van der Waals surface area (Å²) < 4.78 is 5.98. The second-order valence-electron chi connectivity index (χ2n) is 8.84. The Morgan fingerprint density at radius 1 is 1.10 bits per heavy atom. The van der Waals surface area contributed by atoms with E-state index in [1.807, 2.05) is 24.3 Å². The van der Waals surface area contributed by atoms with Crippen LogP contribution in [0.15, 0.2) is 36.4 Å². The average Bonchev–Trinajstić information content (AvgIpc) is 2.98. The molecule has 0 unspecified atom stereocenters. The number of nitrogens with zero attached hydrogens (tertiary/aromatic N) is 1. The topological polar surface area (TPSA) is 49.8 Å². The maximum absolute atomic E-state index is 11.0. The lowest BCUT2D eigenvalue weighted by molar-refractivity contribution is -0.150. The van der Waals surface area contributed by atoms with E-state index < -0.39 is 5.97 Å². The van der Waals surface area contributed by atoms with Gasteiger partial charge in [-0.25, -0.2) is 0 Å². The maximum atomic E-state index is 11.0. The average molecular weight is 432 g/mol. The third-order valence-electron chi connectivity index (χ3n) is 6.81. The van der Waals surface area contributed by atoms with Crippen molar-refractivity contribution < 1.29 is 14.6 Å². The van der Waals surface area contributed by atoms with Crippen LogP contribution in [0, 0.1) is 11.3 Å². The Balaban J connectivity index is 1.19. The fourth-order valence-electron chi connectivity index (χ4n) is 5.11. The van der Waals surface area contributed by atoms with Crippen LogP contribution in [0.25, 0.3) is 0 Å². The molecule has 1 aliphatic heterocycles. The second-order valence-corrected chi connectivity index (χ2v) is 9.65. The lowest BCUT2D eigenvalue weighted by atomic mass is 9.71. The van der Waals surface area contributed by atoms with Crippen LogP contribution in [0.5, 0.6) is 5.75 Å². The number of rotatable bonds is 5. The molecule has 2 fully saturated rings. The van der Waals surface area contributed by atoms with E-state index in [0.717, 1.165) is 50.1 Å². The van der Waals surface area contributed by atoms with Gasteiger partial charge >= 0.3 is 5.97 Å². The molecule has 0 bridgehead atoms. The fourth-order valence-corrected chi connectivity index (χ4v) is 5.62. The number of fused-ring (bicyclic) bond motifs is 1. The lowest BCUT2D eigenvalue weighted by Crippen LogP contribution is -2.63. The van der Waals surface area contributed by atoms with Crippen LogP contribution in [0.1, 0.15) is 29.5 Å². The number of carboxylic acid groups (broad SMARTS) is 1. The molecule has 0 amide bonds. The molecule has 1 saturated heterocycles. The number of hydrogen-bond donors (Lipinski definition) is 1. The standard InChI is InChI=1S/C23H23Cl2NO3/c24-20-2-1-3-21(25)19(20)11-29-18-5-4-14-9-23(10-16(14)8-18)12-26(13-23)17-6-15(7-17)22(27)28/h1-5,8,15,17H,6-7,9-13H2,(H,27,28). The first-order valence-electron chi connectivity index (χ1n) is 10.1. The third-order valence-corrected chi connectivity index (χ3v) is 7.52. The summed E-state index contributed by atoms with van der Waals surface area (Å²) >= 11 is 12.5. The number of hydrogen-bond acceptors (Lipinski definition) is 3. The molecule has 0 atom stereocenters. The predicted octanol–water partition coefficient (Wildman–Crippen LogP) is 4.84. The first-order chi connectivity index (χ1) is 13.9. The molecule has 0 aromatic heterocycles. The zero-order valence-corrected chi connectivity index (χ0v) is 17.5. The fraction of sp³-hybridized carbons (Fsp3) is 0.435. The molecule has 4 nitrogen and oxygen atoms in total. The summed E-state index contributed by atoms with van der Waals surface area (Å²) in [5.74, 6) is 0.0651. The van der Waals surface area contributed by atoms with Gasteiger partial charge in [0.15, 0.2) is 0 Å². The van der Waals surface area contributed by atoms with Crippen molar-refractivity contribution in [2.45, 2.75) is 38.3 Å². The number of ether oxygens (including phenoxy) is 1. The van der Waals surface area contributed by atoms with Crippen LogP contribution in [0.4, 0.5) is 0 Å². The largest absolute Gasteiger partial charge is 0.489 e. The summed E-state index contributed by atoms with van der Waals surface area (Å²) in [6.45, 7) is 2.50. The third kappa shape index (κ3) is 3.52. The highest BCUT2D eigenvalue weighted by Crippen LogP contribution is 2.48. The summed E-state index contributed by atoms with van der Waals surface area (Å²) in [6, 6.07) is 12.3. The van der Waals surface area contributed by atoms with Gasteiger partial charge in [-0.05, 0) is 61.1 Å². The van der Waals surface area contributed by atoms with E-state index >= 15 is 0 Å². The second kappa shape index (κ2) is 7.19. The van der Waals surface area contributed by atoms with Crippen molar-refractivity contribution in [3.05, 3.63) is 63.1 Å². The van der Waals surface area contributed by atoms with Crippen molar-refractivity contribution in [1.82, 2.24) is 4.90 Å². The van der Waals surface area contributed by atoms with Crippen LogP contribution in [0.2, 0.25) is 10.0 Å². The Bertz CT molecular complexity index is 944. The summed E-state index contributed by atoms with van der Waals surface area (Å²) in [5, 5.41) is 10.3. The molecule has 2 aromatic carbocycles. The van der Waals surface area contributed by atoms with Crippen molar-refractivity contribution in [3.63, 3.8) is 0 Å². The van der Waals surface area contributed by atoms with Gasteiger partial charge in [-0.2, -0.15) is 0 Å². The molecule has 2 aliphatic carbocycles. The predicted molar refractivity (Wildman–Crippen MR) is 113 cm³/mol. The molecular weight excluding hydrogens is 409 g/mol. The SMILES string of the molecule is O=C(O)C1CC(N2CC3(Cc4ccc(OCc5c(Cl)cccc5Cl)cc4C3)C2)C1. The van der Waals surface area contributed by atoms with Crippen molar-refractivity contribution in [2.24, 2.45) is 11.3 Å². The number of carbonyl (C=O) groups is 1. The van der Waals surface area contributed by atoms with Gasteiger partial charge in [0.05, 0.1) is 5.92 Å². The summed E-state index contributed by atoms with van der Waals surface area (Å²) in [5.41, 5.74) is 3.90. The van der Waals surface area contributed by atoms with Gasteiger partial charge in [0.25, 0.3) is 0 Å². The van der Waals surface area contributed by atoms with Gasteiger partial charge in [0.1, 0.15) is 12.4 Å². The zero-order valence-electron chi connectivity index (χ0n) is 16.0. The molecule has 1 saturated carbocycles. The highest BCUT2D eigenvalue weighted by atomic mass is 35.5. The van der Waals surface area contributed by atoms with Crippen LogP contribution >= 0.6 is 23.2 Å². The quantitative estimate of drug-likeness (QED) is 0.735.